The van der Waals surface area contributed by atoms with Gasteiger partial charge in [0.1, 0.15) is 0 Å². The van der Waals surface area contributed by atoms with Crippen LogP contribution in [0.5, 0.6) is 0 Å². The molecule has 10 N–H and O–H groups in total. The minimum absolute atomic E-state index is 0.0186. The third-order valence-electron chi connectivity index (χ3n) is 5.59. The summed E-state index contributed by atoms with van der Waals surface area (Å²) in [5.41, 5.74) is 22.7. The van der Waals surface area contributed by atoms with E-state index in [-0.39, 0.29) is 16.5 Å². The Labute approximate surface area is 206 Å². The van der Waals surface area contributed by atoms with Crippen LogP contribution in [0.25, 0.3) is 0 Å². The van der Waals surface area contributed by atoms with Crippen LogP contribution in [0, 0.1) is 22.7 Å². The number of rotatable bonds is 12. The van der Waals surface area contributed by atoms with Gasteiger partial charge in [0.25, 0.3) is 0 Å². The van der Waals surface area contributed by atoms with E-state index in [0.29, 0.717) is 17.3 Å². The highest BCUT2D eigenvalue weighted by Crippen LogP contribution is 2.28. The molecule has 1 aromatic carbocycles. The zero-order valence-corrected chi connectivity index (χ0v) is 22.1. The monoisotopic (exact) mass is 482 g/mol. The normalized spacial score (nSPS) is 13.0. The third-order valence-corrected chi connectivity index (χ3v) is 5.59. The van der Waals surface area contributed by atoms with Crippen molar-refractivity contribution in [3.05, 3.63) is 35.4 Å². The van der Waals surface area contributed by atoms with Gasteiger partial charge >= 0.3 is 11.9 Å². The van der Waals surface area contributed by atoms with Crippen molar-refractivity contribution in [1.82, 2.24) is 0 Å². The third kappa shape index (κ3) is 17.5. The first-order chi connectivity index (χ1) is 15.6. The van der Waals surface area contributed by atoms with Crippen LogP contribution >= 0.6 is 0 Å². The summed E-state index contributed by atoms with van der Waals surface area (Å²) in [4.78, 5) is 20.8. The lowest BCUT2D eigenvalue weighted by Crippen LogP contribution is -2.26. The molecule has 0 saturated carbocycles. The molecule has 0 saturated heterocycles. The molecule has 0 heterocycles. The van der Waals surface area contributed by atoms with Gasteiger partial charge in [-0.3, -0.25) is 0 Å². The van der Waals surface area contributed by atoms with E-state index in [1.807, 2.05) is 0 Å². The smallest absolute Gasteiger partial charge is 0.335 e. The summed E-state index contributed by atoms with van der Waals surface area (Å²) < 4.78 is 0. The van der Waals surface area contributed by atoms with E-state index in [0.717, 1.165) is 45.1 Å². The van der Waals surface area contributed by atoms with Crippen LogP contribution < -0.4 is 22.9 Å². The molecule has 8 nitrogen and oxygen atoms in total. The molecule has 1 rings (SSSR count). The lowest BCUT2D eigenvalue weighted by atomic mass is 9.81. The van der Waals surface area contributed by atoms with Crippen molar-refractivity contribution in [3.63, 3.8) is 0 Å². The van der Waals surface area contributed by atoms with Crippen molar-refractivity contribution in [2.75, 3.05) is 26.2 Å². The maximum atomic E-state index is 10.4. The Morgan fingerprint density at radius 3 is 1.65 bits per heavy atom. The first kappa shape index (κ1) is 34.2. The van der Waals surface area contributed by atoms with Crippen LogP contribution in [0.15, 0.2) is 24.3 Å². The lowest BCUT2D eigenvalue weighted by Gasteiger charge is -2.26. The quantitative estimate of drug-likeness (QED) is 0.260. The molecule has 34 heavy (non-hydrogen) atoms. The molecule has 0 fully saturated rings. The number of hydrogen-bond donors (Lipinski definition) is 6. The molecule has 2 atom stereocenters. The van der Waals surface area contributed by atoms with Gasteiger partial charge in [-0.1, -0.05) is 47.6 Å². The van der Waals surface area contributed by atoms with Gasteiger partial charge in [-0.15, -0.1) is 0 Å². The molecule has 0 amide bonds. The summed E-state index contributed by atoms with van der Waals surface area (Å²) in [6.45, 7) is 16.5. The van der Waals surface area contributed by atoms with Gasteiger partial charge in [0.05, 0.1) is 11.1 Å². The van der Waals surface area contributed by atoms with E-state index in [1.54, 1.807) is 0 Å². The standard InChI is InChI=1S/2C9H22N2.C8H6O4/c1-8(7-11)6-9(2,3)4-5-10;1-8(4-5-10)6-9(2,3)7-11;9-7(10)5-2-1-3-6(4-5)8(11)12/h2*8H,4-7,10-11H2,1-3H3;1-4H,(H,9,10)(H,11,12). The molecule has 0 aromatic heterocycles. The van der Waals surface area contributed by atoms with Gasteiger partial charge in [0.15, 0.2) is 0 Å². The maximum absolute atomic E-state index is 10.4. The van der Waals surface area contributed by atoms with Crippen molar-refractivity contribution < 1.29 is 19.8 Å². The number of hydrogen-bond acceptors (Lipinski definition) is 6. The molecule has 198 valence electrons. The Morgan fingerprint density at radius 2 is 1.29 bits per heavy atom. The van der Waals surface area contributed by atoms with E-state index in [4.69, 9.17) is 33.1 Å². The summed E-state index contributed by atoms with van der Waals surface area (Å²) in [5.74, 6) is -0.925. The highest BCUT2D eigenvalue weighted by atomic mass is 16.4. The second-order valence-electron chi connectivity index (χ2n) is 10.7. The first-order valence-electron chi connectivity index (χ1n) is 12.0. The first-order valence-corrected chi connectivity index (χ1v) is 12.0. The van der Waals surface area contributed by atoms with E-state index in [2.05, 4.69) is 41.5 Å². The molecular formula is C26H50N4O4. The summed E-state index contributed by atoms with van der Waals surface area (Å²) in [7, 11) is 0. The molecule has 0 radical (unpaired) electrons. The van der Waals surface area contributed by atoms with Crippen molar-refractivity contribution in [2.45, 2.75) is 67.2 Å². The average molecular weight is 483 g/mol. The van der Waals surface area contributed by atoms with Gasteiger partial charge in [-0.05, 0) is 92.7 Å². The fourth-order valence-corrected chi connectivity index (χ4v) is 3.72. The molecule has 1 aromatic rings. The van der Waals surface area contributed by atoms with Crippen LogP contribution in [-0.4, -0.2) is 48.3 Å². The van der Waals surface area contributed by atoms with Crippen LogP contribution in [-0.2, 0) is 0 Å². The fourth-order valence-electron chi connectivity index (χ4n) is 3.72. The molecule has 0 aliphatic heterocycles. The average Bonchev–Trinajstić information content (AvgIpc) is 2.74. The minimum atomic E-state index is -1.13. The zero-order valence-electron chi connectivity index (χ0n) is 22.1. The highest BCUT2D eigenvalue weighted by Gasteiger charge is 2.19. The fraction of sp³-hybridized carbons (Fsp3) is 0.692. The second-order valence-corrected chi connectivity index (χ2v) is 10.7. The van der Waals surface area contributed by atoms with Crippen LogP contribution in [0.3, 0.4) is 0 Å². The highest BCUT2D eigenvalue weighted by molar-refractivity contribution is 5.93. The number of carboxylic acids is 2. The van der Waals surface area contributed by atoms with E-state index >= 15 is 0 Å². The SMILES string of the molecule is CC(CCN)CC(C)(C)CN.CC(CN)CC(C)(C)CCN.O=C(O)c1cccc(C(=O)O)c1. The van der Waals surface area contributed by atoms with Crippen LogP contribution in [0.2, 0.25) is 0 Å². The van der Waals surface area contributed by atoms with Gasteiger partial charge in [0, 0.05) is 0 Å². The lowest BCUT2D eigenvalue weighted by molar-refractivity contribution is 0.0696. The van der Waals surface area contributed by atoms with Crippen LogP contribution in [0.1, 0.15) is 87.9 Å². The summed E-state index contributed by atoms with van der Waals surface area (Å²) in [6.07, 6.45) is 4.57. The summed E-state index contributed by atoms with van der Waals surface area (Å²) in [6, 6.07) is 5.20. The van der Waals surface area contributed by atoms with Gasteiger partial charge in [0.2, 0.25) is 0 Å². The maximum Gasteiger partial charge on any atom is 0.335 e. The van der Waals surface area contributed by atoms with Crippen molar-refractivity contribution in [3.8, 4) is 0 Å². The van der Waals surface area contributed by atoms with Crippen molar-refractivity contribution in [1.29, 1.82) is 0 Å². The second kappa shape index (κ2) is 17.4. The Balaban J connectivity index is 0. The Kier molecular flexibility index (Phi) is 17.5. The van der Waals surface area contributed by atoms with E-state index in [1.165, 1.54) is 31.0 Å². The predicted octanol–water partition coefficient (Wildman–Crippen LogP) is 3.78. The van der Waals surface area contributed by atoms with Crippen molar-refractivity contribution in [2.24, 2.45) is 45.6 Å². The van der Waals surface area contributed by atoms with Gasteiger partial charge in [-0.2, -0.15) is 0 Å². The van der Waals surface area contributed by atoms with Crippen LogP contribution in [0.4, 0.5) is 0 Å². The number of nitrogens with two attached hydrogens (primary N) is 4. The Morgan fingerprint density at radius 1 is 0.824 bits per heavy atom. The number of carbonyl (C=O) groups is 2. The molecular weight excluding hydrogens is 432 g/mol. The minimum Gasteiger partial charge on any atom is -0.478 e. The van der Waals surface area contributed by atoms with E-state index in [9.17, 15) is 9.59 Å². The molecule has 0 spiro atoms. The summed E-state index contributed by atoms with van der Waals surface area (Å²) in [5, 5.41) is 17.0. The molecule has 0 bridgehead atoms. The number of aromatic carboxylic acids is 2. The molecule has 2 unspecified atom stereocenters. The zero-order chi connectivity index (χ0) is 26.9. The van der Waals surface area contributed by atoms with Crippen molar-refractivity contribution >= 4 is 11.9 Å². The van der Waals surface area contributed by atoms with Gasteiger partial charge < -0.3 is 33.1 Å². The number of carboxylic acid groups (broad SMARTS) is 2. The molecule has 8 heteroatoms. The predicted molar refractivity (Wildman–Crippen MR) is 141 cm³/mol. The van der Waals surface area contributed by atoms with Gasteiger partial charge in [-0.25, -0.2) is 9.59 Å². The number of benzene rings is 1. The largest absolute Gasteiger partial charge is 0.478 e. The Hall–Kier alpha value is -2.00. The molecule has 0 aliphatic carbocycles. The topological polar surface area (TPSA) is 179 Å². The molecule has 0 aliphatic rings. The Bertz CT molecular complexity index is 679. The summed E-state index contributed by atoms with van der Waals surface area (Å²) >= 11 is 0. The van der Waals surface area contributed by atoms with E-state index < -0.39 is 11.9 Å².